The smallest absolute Gasteiger partial charge is 0.308 e. The van der Waals surface area contributed by atoms with E-state index in [-0.39, 0.29) is 52.2 Å². The lowest BCUT2D eigenvalue weighted by atomic mass is 9.86. The second kappa shape index (κ2) is 19.0. The standard InChI is InChI=1S/C12H23NO4S.C11H21NO4S.CH4O.3CH4/c1-12(2,3)18(15,16)13-10-7-5-9(6-8-10)11(14)17-4;1-11(2,3)17(15,16)12-9-6-4-8(5-7-9)10(13)14;1-2;;;/h9-10,13H,5-8H2,1-4H3;8-9,12H,4-7H2,1-3H3,(H,13,14);2H,1H3;3*1H4. The summed E-state index contributed by atoms with van der Waals surface area (Å²) in [5.41, 5.74) is 0. The number of aliphatic hydroxyl groups excluding tert-OH is 1. The van der Waals surface area contributed by atoms with Crippen LogP contribution in [0, 0.1) is 11.8 Å². The maximum Gasteiger partial charge on any atom is 0.308 e. The van der Waals surface area contributed by atoms with Crippen molar-refractivity contribution < 1.29 is 41.4 Å². The van der Waals surface area contributed by atoms with Gasteiger partial charge in [0.1, 0.15) is 0 Å². The Kier molecular flexibility index (Phi) is 21.7. The molecule has 2 fully saturated rings. The predicted octanol–water partition coefficient (Wildman–Crippen LogP) is 4.30. The summed E-state index contributed by atoms with van der Waals surface area (Å²) >= 11 is 0. The zero-order valence-electron chi connectivity index (χ0n) is 23.5. The number of carbonyl (C=O) groups is 2. The first kappa shape index (κ1) is 45.7. The number of aliphatic carboxylic acids is 1. The fraction of sp³-hybridized carbons (Fsp3) is 0.926. The molecular weight excluding hydrogens is 560 g/mol. The lowest BCUT2D eigenvalue weighted by Crippen LogP contribution is -2.46. The van der Waals surface area contributed by atoms with E-state index in [1.165, 1.54) is 7.11 Å². The molecule has 0 bridgehead atoms. The summed E-state index contributed by atoms with van der Waals surface area (Å²) in [5.74, 6) is -1.36. The van der Waals surface area contributed by atoms with Gasteiger partial charge in [-0.25, -0.2) is 26.3 Å². The largest absolute Gasteiger partial charge is 0.481 e. The van der Waals surface area contributed by atoms with Crippen molar-refractivity contribution in [2.75, 3.05) is 14.2 Å². The Morgan fingerprint density at radius 2 is 0.925 bits per heavy atom. The highest BCUT2D eigenvalue weighted by atomic mass is 32.2. The van der Waals surface area contributed by atoms with Crippen molar-refractivity contribution in [3.8, 4) is 0 Å². The fourth-order valence-corrected chi connectivity index (χ4v) is 5.92. The van der Waals surface area contributed by atoms with Crippen LogP contribution in [0.15, 0.2) is 0 Å². The minimum Gasteiger partial charge on any atom is -0.481 e. The van der Waals surface area contributed by atoms with Gasteiger partial charge in [-0.05, 0) is 92.9 Å². The van der Waals surface area contributed by atoms with Gasteiger partial charge in [0.25, 0.3) is 0 Å². The molecule has 0 saturated heterocycles. The van der Waals surface area contributed by atoms with Gasteiger partial charge in [-0.1, -0.05) is 22.3 Å². The van der Waals surface area contributed by atoms with Crippen molar-refractivity contribution in [3.63, 3.8) is 0 Å². The van der Waals surface area contributed by atoms with E-state index in [0.29, 0.717) is 51.4 Å². The number of esters is 1. The van der Waals surface area contributed by atoms with Gasteiger partial charge in [0.2, 0.25) is 20.0 Å². The average molecular weight is 621 g/mol. The molecule has 0 spiro atoms. The van der Waals surface area contributed by atoms with Gasteiger partial charge < -0.3 is 14.9 Å². The van der Waals surface area contributed by atoms with Gasteiger partial charge in [0.05, 0.1) is 28.4 Å². The monoisotopic (exact) mass is 620 g/mol. The highest BCUT2D eigenvalue weighted by molar-refractivity contribution is 7.91. The summed E-state index contributed by atoms with van der Waals surface area (Å²) in [4.78, 5) is 22.1. The lowest BCUT2D eigenvalue weighted by Gasteiger charge is -2.30. The van der Waals surface area contributed by atoms with Crippen LogP contribution < -0.4 is 9.44 Å². The number of hydrogen-bond acceptors (Lipinski definition) is 8. The number of aliphatic hydroxyl groups is 1. The summed E-state index contributed by atoms with van der Waals surface area (Å²) in [6, 6.07) is -0.176. The maximum atomic E-state index is 12.0. The number of carboxylic acid groups (broad SMARTS) is 1. The molecule has 0 radical (unpaired) electrons. The molecule has 13 heteroatoms. The molecule has 11 nitrogen and oxygen atoms in total. The summed E-state index contributed by atoms with van der Waals surface area (Å²) in [6.07, 6.45) is 5.05. The molecule has 2 rings (SSSR count). The number of carboxylic acids is 1. The van der Waals surface area contributed by atoms with Crippen LogP contribution in [-0.4, -0.2) is 74.8 Å². The molecule has 2 aliphatic carbocycles. The Hall–Kier alpha value is -1.28. The van der Waals surface area contributed by atoms with Crippen molar-refractivity contribution in [3.05, 3.63) is 0 Å². The zero-order chi connectivity index (χ0) is 29.2. The first-order valence-electron chi connectivity index (χ1n) is 12.6. The summed E-state index contributed by atoms with van der Waals surface area (Å²) in [7, 11) is -4.25. The Balaban J connectivity index is -0.000000285. The van der Waals surface area contributed by atoms with Crippen LogP contribution in [0.5, 0.6) is 0 Å². The number of hydrogen-bond donors (Lipinski definition) is 4. The van der Waals surface area contributed by atoms with E-state index in [4.69, 9.17) is 14.9 Å². The normalized spacial score (nSPS) is 23.1. The van der Waals surface area contributed by atoms with Crippen molar-refractivity contribution in [2.24, 2.45) is 11.8 Å². The number of ether oxygens (including phenoxy) is 1. The fourth-order valence-electron chi connectivity index (χ4n) is 3.86. The minimum atomic E-state index is -3.33. The van der Waals surface area contributed by atoms with Crippen molar-refractivity contribution in [1.29, 1.82) is 0 Å². The summed E-state index contributed by atoms with van der Waals surface area (Å²) in [6.45, 7) is 9.98. The molecule has 0 aromatic heterocycles. The van der Waals surface area contributed by atoms with Crippen LogP contribution in [0.3, 0.4) is 0 Å². The van der Waals surface area contributed by atoms with Crippen molar-refractivity contribution in [2.45, 2.75) is 137 Å². The van der Waals surface area contributed by atoms with E-state index < -0.39 is 35.5 Å². The first-order valence-corrected chi connectivity index (χ1v) is 15.6. The predicted molar refractivity (Wildman–Crippen MR) is 163 cm³/mol. The van der Waals surface area contributed by atoms with Crippen LogP contribution in [0.25, 0.3) is 0 Å². The second-order valence-corrected chi connectivity index (χ2v) is 16.4. The van der Waals surface area contributed by atoms with Crippen LogP contribution in [-0.2, 0) is 34.4 Å². The molecular formula is C27H60N2O9S2. The Morgan fingerprint density at radius 1 is 0.650 bits per heavy atom. The van der Waals surface area contributed by atoms with E-state index in [0.717, 1.165) is 7.11 Å². The molecule has 0 aromatic rings. The summed E-state index contributed by atoms with van der Waals surface area (Å²) in [5, 5.41) is 15.8. The van der Waals surface area contributed by atoms with Crippen LogP contribution >= 0.6 is 0 Å². The van der Waals surface area contributed by atoms with Gasteiger partial charge in [-0.15, -0.1) is 0 Å². The molecule has 0 aliphatic heterocycles. The molecule has 2 saturated carbocycles. The molecule has 0 heterocycles. The number of sulfonamides is 2. The van der Waals surface area contributed by atoms with E-state index >= 15 is 0 Å². The van der Waals surface area contributed by atoms with Crippen LogP contribution in [0.4, 0.5) is 0 Å². The molecule has 0 amide bonds. The minimum absolute atomic E-state index is 0. The molecule has 0 aromatic carbocycles. The molecule has 0 unspecified atom stereocenters. The SMILES string of the molecule is C.C.C.CC(C)(C)S(=O)(=O)NC1CCC(C(=O)O)CC1.CO.COC(=O)C1CCC(NS(=O)(=O)C(C)(C)C)CC1. The number of methoxy groups -OCH3 is 1. The second-order valence-electron chi connectivity index (χ2n) is 11.4. The molecule has 244 valence electrons. The third kappa shape index (κ3) is 14.6. The topological polar surface area (TPSA) is 176 Å². The third-order valence-corrected chi connectivity index (χ3v) is 11.1. The average Bonchev–Trinajstić information content (AvgIpc) is 2.79. The van der Waals surface area contributed by atoms with E-state index in [1.807, 2.05) is 0 Å². The number of carbonyl (C=O) groups excluding carboxylic acids is 1. The lowest BCUT2D eigenvalue weighted by molar-refractivity contribution is -0.146. The Bertz CT molecular complexity index is 922. The van der Waals surface area contributed by atoms with Gasteiger partial charge in [-0.3, -0.25) is 9.59 Å². The Morgan fingerprint density at radius 3 is 1.15 bits per heavy atom. The van der Waals surface area contributed by atoms with Gasteiger partial charge in [-0.2, -0.15) is 0 Å². The first-order chi connectivity index (χ1) is 16.8. The van der Waals surface area contributed by atoms with Crippen molar-refractivity contribution >= 4 is 32.0 Å². The molecule has 2 aliphatic rings. The van der Waals surface area contributed by atoms with Gasteiger partial charge >= 0.3 is 11.9 Å². The Labute approximate surface area is 245 Å². The zero-order valence-corrected chi connectivity index (χ0v) is 25.2. The molecule has 0 atom stereocenters. The van der Waals surface area contributed by atoms with Gasteiger partial charge in [0, 0.05) is 19.2 Å². The number of rotatable bonds is 6. The molecule has 4 N–H and O–H groups in total. The van der Waals surface area contributed by atoms with E-state index in [9.17, 15) is 26.4 Å². The third-order valence-electron chi connectivity index (χ3n) is 6.59. The molecule has 40 heavy (non-hydrogen) atoms. The van der Waals surface area contributed by atoms with Crippen LogP contribution in [0.1, 0.15) is 115 Å². The number of nitrogens with one attached hydrogen (secondary N) is 2. The highest BCUT2D eigenvalue weighted by Gasteiger charge is 2.35. The van der Waals surface area contributed by atoms with Crippen LogP contribution in [0.2, 0.25) is 0 Å². The quantitative estimate of drug-likeness (QED) is 0.315. The van der Waals surface area contributed by atoms with Gasteiger partial charge in [0.15, 0.2) is 0 Å². The summed E-state index contributed by atoms with van der Waals surface area (Å²) < 4.78 is 56.3. The van der Waals surface area contributed by atoms with E-state index in [1.54, 1.807) is 41.5 Å². The maximum absolute atomic E-state index is 12.0. The van der Waals surface area contributed by atoms with Crippen molar-refractivity contribution in [1.82, 2.24) is 9.44 Å². The highest BCUT2D eigenvalue weighted by Crippen LogP contribution is 2.27. The van der Waals surface area contributed by atoms with E-state index in [2.05, 4.69) is 9.44 Å².